The first-order valence-electron chi connectivity index (χ1n) is 9.99. The summed E-state index contributed by atoms with van der Waals surface area (Å²) < 4.78 is 45.7. The summed E-state index contributed by atoms with van der Waals surface area (Å²) >= 11 is 0. The first kappa shape index (κ1) is 24.1. The standard InChI is InChI=1S/C24H23FN2O5S/c1-17-7-13-20(14-8-17)33(30,31)27(15-18-9-11-19(25)12-10-18)16-23(28)26-22-6-4-3-5-21(22)24(29)32-2/h3-14H,15-16H2,1-2H3,(H,26,28). The second-order valence-corrected chi connectivity index (χ2v) is 9.24. The smallest absolute Gasteiger partial charge is 0.339 e. The number of benzene rings is 3. The second kappa shape index (κ2) is 10.4. The first-order chi connectivity index (χ1) is 15.7. The highest BCUT2D eigenvalue weighted by molar-refractivity contribution is 7.89. The van der Waals surface area contributed by atoms with Crippen molar-refractivity contribution in [3.63, 3.8) is 0 Å². The van der Waals surface area contributed by atoms with Gasteiger partial charge < -0.3 is 10.1 Å². The molecule has 0 atom stereocenters. The Labute approximate surface area is 191 Å². The zero-order valence-corrected chi connectivity index (χ0v) is 18.9. The molecule has 1 N–H and O–H groups in total. The molecule has 3 aromatic carbocycles. The normalized spacial score (nSPS) is 11.3. The molecule has 9 heteroatoms. The Morgan fingerprint density at radius 2 is 1.61 bits per heavy atom. The number of anilines is 1. The molecule has 0 fully saturated rings. The Morgan fingerprint density at radius 1 is 0.970 bits per heavy atom. The number of rotatable bonds is 8. The largest absolute Gasteiger partial charge is 0.465 e. The number of carbonyl (C=O) groups is 2. The third-order valence-electron chi connectivity index (χ3n) is 4.86. The molecular formula is C24H23FN2O5S. The van der Waals surface area contributed by atoms with E-state index in [9.17, 15) is 22.4 Å². The van der Waals surface area contributed by atoms with Gasteiger partial charge in [0.2, 0.25) is 15.9 Å². The molecule has 7 nitrogen and oxygen atoms in total. The molecule has 3 aromatic rings. The van der Waals surface area contributed by atoms with Crippen molar-refractivity contribution in [2.75, 3.05) is 19.0 Å². The van der Waals surface area contributed by atoms with E-state index < -0.39 is 34.3 Å². The van der Waals surface area contributed by atoms with Crippen LogP contribution in [0.25, 0.3) is 0 Å². The maximum Gasteiger partial charge on any atom is 0.339 e. The minimum absolute atomic E-state index is 0.0259. The Kier molecular flexibility index (Phi) is 7.57. The quantitative estimate of drug-likeness (QED) is 0.506. The number of aryl methyl sites for hydroxylation is 1. The van der Waals surface area contributed by atoms with Crippen LogP contribution < -0.4 is 5.32 Å². The molecule has 0 aliphatic carbocycles. The summed E-state index contributed by atoms with van der Waals surface area (Å²) in [7, 11) is -2.84. The minimum atomic E-state index is -4.06. The van der Waals surface area contributed by atoms with E-state index in [1.165, 1.54) is 55.6 Å². The summed E-state index contributed by atoms with van der Waals surface area (Å²) in [4.78, 5) is 24.8. The van der Waals surface area contributed by atoms with Gasteiger partial charge in [0.25, 0.3) is 0 Å². The molecular weight excluding hydrogens is 447 g/mol. The van der Waals surface area contributed by atoms with Gasteiger partial charge in [-0.25, -0.2) is 17.6 Å². The van der Waals surface area contributed by atoms with Gasteiger partial charge in [0.1, 0.15) is 5.82 Å². The molecule has 0 aliphatic rings. The molecule has 0 aromatic heterocycles. The van der Waals surface area contributed by atoms with Crippen LogP contribution in [0.4, 0.5) is 10.1 Å². The Bertz CT molecular complexity index is 1240. The molecule has 0 bridgehead atoms. The van der Waals surface area contributed by atoms with Crippen molar-refractivity contribution in [1.82, 2.24) is 4.31 Å². The highest BCUT2D eigenvalue weighted by Crippen LogP contribution is 2.21. The lowest BCUT2D eigenvalue weighted by Crippen LogP contribution is -2.37. The average molecular weight is 471 g/mol. The summed E-state index contributed by atoms with van der Waals surface area (Å²) in [6.07, 6.45) is 0. The van der Waals surface area contributed by atoms with Crippen LogP contribution in [0.3, 0.4) is 0 Å². The van der Waals surface area contributed by atoms with Gasteiger partial charge in [-0.3, -0.25) is 4.79 Å². The van der Waals surface area contributed by atoms with E-state index >= 15 is 0 Å². The van der Waals surface area contributed by atoms with Crippen molar-refractivity contribution >= 4 is 27.6 Å². The Hall–Kier alpha value is -3.56. The summed E-state index contributed by atoms with van der Waals surface area (Å²) in [6.45, 7) is 1.16. The van der Waals surface area contributed by atoms with Crippen LogP contribution in [-0.4, -0.2) is 38.3 Å². The number of hydrogen-bond donors (Lipinski definition) is 1. The third-order valence-corrected chi connectivity index (χ3v) is 6.66. The van der Waals surface area contributed by atoms with Crippen LogP contribution in [0.15, 0.2) is 77.7 Å². The van der Waals surface area contributed by atoms with Gasteiger partial charge in [0.15, 0.2) is 0 Å². The van der Waals surface area contributed by atoms with Crippen LogP contribution in [-0.2, 0) is 26.1 Å². The highest BCUT2D eigenvalue weighted by atomic mass is 32.2. The molecule has 0 heterocycles. The molecule has 0 radical (unpaired) electrons. The van der Waals surface area contributed by atoms with Crippen molar-refractivity contribution in [2.45, 2.75) is 18.4 Å². The van der Waals surface area contributed by atoms with E-state index in [4.69, 9.17) is 4.74 Å². The number of nitrogens with one attached hydrogen (secondary N) is 1. The SMILES string of the molecule is COC(=O)c1ccccc1NC(=O)CN(Cc1ccc(F)cc1)S(=O)(=O)c1ccc(C)cc1. The number of carbonyl (C=O) groups excluding carboxylic acids is 2. The molecule has 0 spiro atoms. The lowest BCUT2D eigenvalue weighted by molar-refractivity contribution is -0.116. The fraction of sp³-hybridized carbons (Fsp3) is 0.167. The molecule has 1 amide bonds. The van der Waals surface area contributed by atoms with E-state index in [0.29, 0.717) is 5.56 Å². The van der Waals surface area contributed by atoms with Crippen molar-refractivity contribution in [1.29, 1.82) is 0 Å². The van der Waals surface area contributed by atoms with Gasteiger partial charge in [-0.2, -0.15) is 4.31 Å². The van der Waals surface area contributed by atoms with E-state index in [1.54, 1.807) is 24.3 Å². The minimum Gasteiger partial charge on any atom is -0.465 e. The number of ether oxygens (including phenoxy) is 1. The van der Waals surface area contributed by atoms with Gasteiger partial charge in [-0.1, -0.05) is 42.0 Å². The van der Waals surface area contributed by atoms with Crippen molar-refractivity contribution in [2.24, 2.45) is 0 Å². The van der Waals surface area contributed by atoms with Crippen LogP contribution in [0.1, 0.15) is 21.5 Å². The Balaban J connectivity index is 1.89. The van der Waals surface area contributed by atoms with Crippen LogP contribution in [0.5, 0.6) is 0 Å². The first-order valence-corrected chi connectivity index (χ1v) is 11.4. The van der Waals surface area contributed by atoms with Gasteiger partial charge in [0, 0.05) is 6.54 Å². The Morgan fingerprint density at radius 3 is 2.24 bits per heavy atom. The fourth-order valence-electron chi connectivity index (χ4n) is 3.11. The second-order valence-electron chi connectivity index (χ2n) is 7.30. The van der Waals surface area contributed by atoms with Crippen molar-refractivity contribution in [3.8, 4) is 0 Å². The van der Waals surface area contributed by atoms with E-state index in [0.717, 1.165) is 9.87 Å². The number of nitrogens with zero attached hydrogens (tertiary/aromatic N) is 1. The number of para-hydroxylation sites is 1. The lowest BCUT2D eigenvalue weighted by atomic mass is 10.2. The van der Waals surface area contributed by atoms with Crippen LogP contribution in [0, 0.1) is 12.7 Å². The summed E-state index contributed by atoms with van der Waals surface area (Å²) in [5, 5.41) is 2.58. The maximum absolute atomic E-state index is 13.3. The molecule has 0 saturated heterocycles. The molecule has 0 aliphatic heterocycles. The van der Waals surface area contributed by atoms with Crippen LogP contribution >= 0.6 is 0 Å². The monoisotopic (exact) mass is 470 g/mol. The zero-order valence-electron chi connectivity index (χ0n) is 18.1. The van der Waals surface area contributed by atoms with Gasteiger partial charge >= 0.3 is 5.97 Å². The summed E-state index contributed by atoms with van der Waals surface area (Å²) in [6, 6.07) is 17.9. The number of methoxy groups -OCH3 is 1. The predicted molar refractivity (Wildman–Crippen MR) is 122 cm³/mol. The van der Waals surface area contributed by atoms with E-state index in [-0.39, 0.29) is 22.7 Å². The fourth-order valence-corrected chi connectivity index (χ4v) is 4.49. The van der Waals surface area contributed by atoms with E-state index in [2.05, 4.69) is 5.32 Å². The van der Waals surface area contributed by atoms with Gasteiger partial charge in [-0.15, -0.1) is 0 Å². The maximum atomic E-state index is 13.3. The van der Waals surface area contributed by atoms with Gasteiger partial charge in [0.05, 0.1) is 29.8 Å². The lowest BCUT2D eigenvalue weighted by Gasteiger charge is -2.22. The summed E-state index contributed by atoms with van der Waals surface area (Å²) in [5.74, 6) is -1.74. The number of halogens is 1. The molecule has 3 rings (SSSR count). The molecule has 0 unspecified atom stereocenters. The van der Waals surface area contributed by atoms with Crippen LogP contribution in [0.2, 0.25) is 0 Å². The van der Waals surface area contributed by atoms with Crippen molar-refractivity contribution < 1.29 is 27.1 Å². The predicted octanol–water partition coefficient (Wildman–Crippen LogP) is 3.75. The number of hydrogen-bond acceptors (Lipinski definition) is 5. The zero-order chi connectivity index (χ0) is 24.0. The summed E-state index contributed by atoms with van der Waals surface area (Å²) in [5.41, 5.74) is 1.73. The molecule has 0 saturated carbocycles. The number of sulfonamides is 1. The molecule has 33 heavy (non-hydrogen) atoms. The topological polar surface area (TPSA) is 92.8 Å². The number of esters is 1. The van der Waals surface area contributed by atoms with Crippen molar-refractivity contribution in [3.05, 3.63) is 95.3 Å². The third kappa shape index (κ3) is 6.03. The van der Waals surface area contributed by atoms with Gasteiger partial charge in [-0.05, 0) is 48.9 Å². The average Bonchev–Trinajstić information content (AvgIpc) is 2.80. The number of amides is 1. The molecule has 172 valence electrons. The van der Waals surface area contributed by atoms with E-state index in [1.807, 2.05) is 6.92 Å². The highest BCUT2D eigenvalue weighted by Gasteiger charge is 2.27.